The molecule has 0 bridgehead atoms. The average molecular weight is 384 g/mol. The second-order valence-electron chi connectivity index (χ2n) is 5.79. The lowest BCUT2D eigenvalue weighted by molar-refractivity contribution is -0.138. The van der Waals surface area contributed by atoms with Crippen molar-refractivity contribution in [2.24, 2.45) is 0 Å². The van der Waals surface area contributed by atoms with Gasteiger partial charge in [-0.15, -0.1) is 0 Å². The van der Waals surface area contributed by atoms with Gasteiger partial charge in [0.05, 0.1) is 25.8 Å². The first-order chi connectivity index (χ1) is 12.7. The summed E-state index contributed by atoms with van der Waals surface area (Å²) >= 11 is 0. The van der Waals surface area contributed by atoms with Crippen LogP contribution in [-0.2, 0) is 17.5 Å². The molecular formula is C18H19F3N2O4. The van der Waals surface area contributed by atoms with Crippen LogP contribution in [0.25, 0.3) is 0 Å². The maximum Gasteiger partial charge on any atom is 0.417 e. The van der Waals surface area contributed by atoms with Crippen molar-refractivity contribution in [1.29, 1.82) is 0 Å². The van der Waals surface area contributed by atoms with E-state index in [2.05, 4.69) is 5.32 Å². The van der Waals surface area contributed by atoms with E-state index in [1.165, 1.54) is 14.2 Å². The van der Waals surface area contributed by atoms with Crippen LogP contribution in [0.1, 0.15) is 24.1 Å². The molecule has 1 atom stereocenters. The number of ether oxygens (including phenoxy) is 2. The molecule has 0 saturated carbocycles. The molecule has 1 heterocycles. The van der Waals surface area contributed by atoms with Gasteiger partial charge in [0.2, 0.25) is 5.91 Å². The maximum absolute atomic E-state index is 12.8. The third kappa shape index (κ3) is 5.02. The molecule has 9 heteroatoms. The summed E-state index contributed by atoms with van der Waals surface area (Å²) in [6.45, 7) is 1.18. The second kappa shape index (κ2) is 8.15. The van der Waals surface area contributed by atoms with Crippen molar-refractivity contribution in [2.75, 3.05) is 14.2 Å². The number of nitrogens with one attached hydrogen (secondary N) is 1. The predicted molar refractivity (Wildman–Crippen MR) is 91.8 cm³/mol. The molecule has 0 saturated heterocycles. The highest BCUT2D eigenvalue weighted by atomic mass is 19.4. The second-order valence-corrected chi connectivity index (χ2v) is 5.79. The summed E-state index contributed by atoms with van der Waals surface area (Å²) in [5.74, 6) is 0.402. The Kier molecular flexibility index (Phi) is 6.14. The molecule has 2 rings (SSSR count). The average Bonchev–Trinajstić information content (AvgIpc) is 2.61. The van der Waals surface area contributed by atoms with Crippen LogP contribution in [0.2, 0.25) is 0 Å². The van der Waals surface area contributed by atoms with Gasteiger partial charge < -0.3 is 19.4 Å². The molecule has 1 unspecified atom stereocenters. The number of pyridine rings is 1. The third-order valence-electron chi connectivity index (χ3n) is 3.91. The first-order valence-electron chi connectivity index (χ1n) is 7.94. The van der Waals surface area contributed by atoms with Gasteiger partial charge in [0.15, 0.2) is 11.5 Å². The van der Waals surface area contributed by atoms with Gasteiger partial charge in [0, 0.05) is 12.3 Å². The van der Waals surface area contributed by atoms with Crippen LogP contribution in [-0.4, -0.2) is 24.7 Å². The van der Waals surface area contributed by atoms with Crippen LogP contribution in [0.5, 0.6) is 11.5 Å². The van der Waals surface area contributed by atoms with E-state index in [9.17, 15) is 22.8 Å². The molecule has 1 N–H and O–H groups in total. The summed E-state index contributed by atoms with van der Waals surface area (Å²) in [4.78, 5) is 23.9. The van der Waals surface area contributed by atoms with E-state index in [0.717, 1.165) is 10.6 Å². The Hall–Kier alpha value is -2.97. The number of nitrogens with zero attached hydrogens (tertiary/aromatic N) is 1. The number of alkyl halides is 3. The van der Waals surface area contributed by atoms with Gasteiger partial charge in [0.25, 0.3) is 5.56 Å². The zero-order valence-corrected chi connectivity index (χ0v) is 15.0. The zero-order chi connectivity index (χ0) is 20.2. The Morgan fingerprint density at radius 2 is 1.81 bits per heavy atom. The van der Waals surface area contributed by atoms with Crippen LogP contribution in [0.15, 0.2) is 41.3 Å². The molecule has 146 valence electrons. The monoisotopic (exact) mass is 384 g/mol. The van der Waals surface area contributed by atoms with Crippen molar-refractivity contribution in [3.05, 3.63) is 58.0 Å². The van der Waals surface area contributed by atoms with Crippen LogP contribution in [0, 0.1) is 0 Å². The minimum absolute atomic E-state index is 0.459. The summed E-state index contributed by atoms with van der Waals surface area (Å²) in [6.07, 6.45) is -3.97. The van der Waals surface area contributed by atoms with E-state index in [1.54, 1.807) is 25.1 Å². The lowest BCUT2D eigenvalue weighted by Crippen LogP contribution is -2.34. The molecule has 0 aliphatic rings. The number of carbonyl (C=O) groups excluding carboxylic acids is 1. The van der Waals surface area contributed by atoms with Crippen molar-refractivity contribution in [1.82, 2.24) is 9.88 Å². The van der Waals surface area contributed by atoms with Gasteiger partial charge in [-0.25, -0.2) is 0 Å². The fraction of sp³-hybridized carbons (Fsp3) is 0.333. The fourth-order valence-corrected chi connectivity index (χ4v) is 2.47. The van der Waals surface area contributed by atoms with Crippen LogP contribution in [0.3, 0.4) is 0 Å². The first-order valence-corrected chi connectivity index (χ1v) is 7.94. The molecule has 1 amide bonds. The summed E-state index contributed by atoms with van der Waals surface area (Å²) < 4.78 is 49.4. The van der Waals surface area contributed by atoms with E-state index in [4.69, 9.17) is 9.47 Å². The summed E-state index contributed by atoms with van der Waals surface area (Å²) in [5, 5.41) is 2.64. The van der Waals surface area contributed by atoms with Gasteiger partial charge in [-0.05, 0) is 30.7 Å². The normalized spacial score (nSPS) is 12.4. The third-order valence-corrected chi connectivity index (χ3v) is 3.91. The van der Waals surface area contributed by atoms with Crippen molar-refractivity contribution in [2.45, 2.75) is 25.7 Å². The standard InChI is InChI=1S/C18H19F3N2O4/c1-11(12-4-6-14(26-2)15(8-12)27-3)22-16(24)10-23-9-13(18(19,20)21)5-7-17(23)25/h4-9,11H,10H2,1-3H3,(H,22,24). The number of halogens is 3. The molecule has 0 aliphatic heterocycles. The SMILES string of the molecule is COc1ccc(C(C)NC(=O)Cn2cc(C(F)(F)F)ccc2=O)cc1OC. The van der Waals surface area contributed by atoms with Gasteiger partial charge in [0.1, 0.15) is 6.54 Å². The van der Waals surface area contributed by atoms with Crippen molar-refractivity contribution in [3.8, 4) is 11.5 Å². The molecular weight excluding hydrogens is 365 g/mol. The van der Waals surface area contributed by atoms with E-state index < -0.39 is 35.8 Å². The molecule has 27 heavy (non-hydrogen) atoms. The van der Waals surface area contributed by atoms with E-state index in [0.29, 0.717) is 29.3 Å². The molecule has 0 radical (unpaired) electrons. The number of aromatic nitrogens is 1. The maximum atomic E-state index is 12.8. The van der Waals surface area contributed by atoms with E-state index >= 15 is 0 Å². The van der Waals surface area contributed by atoms with Crippen LogP contribution >= 0.6 is 0 Å². The van der Waals surface area contributed by atoms with Crippen LogP contribution in [0.4, 0.5) is 13.2 Å². The smallest absolute Gasteiger partial charge is 0.417 e. The fourth-order valence-electron chi connectivity index (χ4n) is 2.47. The van der Waals surface area contributed by atoms with Gasteiger partial charge in [-0.1, -0.05) is 6.07 Å². The quantitative estimate of drug-likeness (QED) is 0.832. The topological polar surface area (TPSA) is 69.6 Å². The summed E-state index contributed by atoms with van der Waals surface area (Å²) in [6, 6.07) is 6.09. The number of amides is 1. The van der Waals surface area contributed by atoms with Crippen molar-refractivity contribution < 1.29 is 27.4 Å². The Morgan fingerprint density at radius 3 is 2.41 bits per heavy atom. The minimum atomic E-state index is -4.60. The highest BCUT2D eigenvalue weighted by molar-refractivity contribution is 5.76. The molecule has 6 nitrogen and oxygen atoms in total. The lowest BCUT2D eigenvalue weighted by Gasteiger charge is -2.17. The molecule has 1 aromatic carbocycles. The summed E-state index contributed by atoms with van der Waals surface area (Å²) in [7, 11) is 2.97. The Bertz CT molecular complexity index is 878. The predicted octanol–water partition coefficient (Wildman–Crippen LogP) is 2.76. The Morgan fingerprint density at radius 1 is 1.15 bits per heavy atom. The number of methoxy groups -OCH3 is 2. The van der Waals surface area contributed by atoms with Crippen molar-refractivity contribution >= 4 is 5.91 Å². The Balaban J connectivity index is 2.13. The van der Waals surface area contributed by atoms with Gasteiger partial charge in [-0.2, -0.15) is 13.2 Å². The van der Waals surface area contributed by atoms with Crippen molar-refractivity contribution in [3.63, 3.8) is 0 Å². The number of hydrogen-bond donors (Lipinski definition) is 1. The highest BCUT2D eigenvalue weighted by Crippen LogP contribution is 2.30. The first kappa shape index (κ1) is 20.3. The lowest BCUT2D eigenvalue weighted by atomic mass is 10.1. The van der Waals surface area contributed by atoms with Gasteiger partial charge in [-0.3, -0.25) is 9.59 Å². The molecule has 0 spiro atoms. The van der Waals surface area contributed by atoms with E-state index in [-0.39, 0.29) is 0 Å². The summed E-state index contributed by atoms with van der Waals surface area (Å²) in [5.41, 5.74) is -0.989. The number of carbonyl (C=O) groups is 1. The highest BCUT2D eigenvalue weighted by Gasteiger charge is 2.31. The largest absolute Gasteiger partial charge is 0.493 e. The number of rotatable bonds is 6. The molecule has 1 aromatic heterocycles. The number of hydrogen-bond acceptors (Lipinski definition) is 4. The van der Waals surface area contributed by atoms with Crippen LogP contribution < -0.4 is 20.3 Å². The van der Waals surface area contributed by atoms with Gasteiger partial charge >= 0.3 is 6.18 Å². The number of benzene rings is 1. The molecule has 0 fully saturated rings. The Labute approximate surface area is 153 Å². The molecule has 0 aliphatic carbocycles. The van der Waals surface area contributed by atoms with E-state index in [1.807, 2.05) is 0 Å². The zero-order valence-electron chi connectivity index (χ0n) is 15.0. The molecule has 2 aromatic rings. The minimum Gasteiger partial charge on any atom is -0.493 e.